The topological polar surface area (TPSA) is 80.7 Å². The van der Waals surface area contributed by atoms with Crippen LogP contribution in [0.4, 0.5) is 11.6 Å². The molecule has 1 fully saturated rings. The first-order valence-corrected chi connectivity index (χ1v) is 12.2. The molecule has 0 amide bonds. The summed E-state index contributed by atoms with van der Waals surface area (Å²) >= 11 is 0. The fourth-order valence-corrected chi connectivity index (χ4v) is 6.16. The van der Waals surface area contributed by atoms with Gasteiger partial charge in [-0.2, -0.15) is 0 Å². The Hall–Kier alpha value is -3.93. The maximum Gasteiger partial charge on any atom is 0.228 e. The van der Waals surface area contributed by atoms with Crippen LogP contribution in [0.5, 0.6) is 0 Å². The third-order valence-corrected chi connectivity index (χ3v) is 7.80. The Bertz CT molecular complexity index is 1360. The summed E-state index contributed by atoms with van der Waals surface area (Å²) in [5.74, 6) is 1.09. The zero-order chi connectivity index (χ0) is 23.8. The predicted octanol–water partition coefficient (Wildman–Crippen LogP) is 5.52. The number of carbonyl (C=O) groups is 1. The highest BCUT2D eigenvalue weighted by molar-refractivity contribution is 5.83. The van der Waals surface area contributed by atoms with Crippen LogP contribution in [0.2, 0.25) is 0 Å². The average molecular weight is 462 g/mol. The Morgan fingerprint density at radius 2 is 1.63 bits per heavy atom. The Kier molecular flexibility index (Phi) is 5.36. The van der Waals surface area contributed by atoms with Crippen LogP contribution in [-0.2, 0) is 16.6 Å². The second-order valence-electron chi connectivity index (χ2n) is 9.58. The number of carbonyl (C=O) groups excluding carboxylic acids is 1. The molecule has 2 heterocycles. The van der Waals surface area contributed by atoms with Crippen molar-refractivity contribution in [3.05, 3.63) is 96.2 Å². The summed E-state index contributed by atoms with van der Waals surface area (Å²) in [5, 5.41) is 3.42. The van der Waals surface area contributed by atoms with Gasteiger partial charge in [-0.3, -0.25) is 4.79 Å². The lowest BCUT2D eigenvalue weighted by Crippen LogP contribution is -2.50. The zero-order valence-corrected chi connectivity index (χ0v) is 19.7. The maximum absolute atomic E-state index is 12.9. The van der Waals surface area contributed by atoms with E-state index in [1.165, 1.54) is 11.9 Å². The Morgan fingerprint density at radius 1 is 0.914 bits per heavy atom. The fourth-order valence-electron chi connectivity index (χ4n) is 6.16. The minimum atomic E-state index is -0.345. The Morgan fingerprint density at radius 3 is 2.37 bits per heavy atom. The average Bonchev–Trinajstić information content (AvgIpc) is 2.92. The molecule has 0 unspecified atom stereocenters. The summed E-state index contributed by atoms with van der Waals surface area (Å²) in [7, 11) is 0. The van der Waals surface area contributed by atoms with Gasteiger partial charge in [0.05, 0.1) is 11.4 Å². The van der Waals surface area contributed by atoms with Gasteiger partial charge in [0.2, 0.25) is 5.95 Å². The Labute approximate surface area is 204 Å². The van der Waals surface area contributed by atoms with Crippen molar-refractivity contribution in [3.8, 4) is 11.3 Å². The normalized spacial score (nSPS) is 23.3. The molecule has 1 N–H and O–H groups in total. The fraction of sp³-hybridized carbons (Fsp3) is 0.276. The van der Waals surface area contributed by atoms with Crippen LogP contribution in [0.25, 0.3) is 11.3 Å². The third kappa shape index (κ3) is 3.60. The predicted molar refractivity (Wildman–Crippen MR) is 135 cm³/mol. The standard InChI is InChI=1S/C29H27N5O/c1-19-24-13-12-23-26(20-16-30-18-31-17-20)33-28(32-22-10-6-3-7-11-22)34-27(23)29(24,15-14-25(19)35)21-8-4-2-5-9-21/h2-11,16-19,24H,12-15H2,1H3,(H,32,33,34)/t19-,24-,29+/m0/s1. The second-order valence-corrected chi connectivity index (χ2v) is 9.58. The first-order valence-electron chi connectivity index (χ1n) is 12.2. The summed E-state index contributed by atoms with van der Waals surface area (Å²) in [4.78, 5) is 31.6. The number of benzene rings is 2. The molecule has 2 aromatic carbocycles. The minimum Gasteiger partial charge on any atom is -0.324 e. The van der Waals surface area contributed by atoms with E-state index in [2.05, 4.69) is 46.5 Å². The van der Waals surface area contributed by atoms with Crippen LogP contribution < -0.4 is 5.32 Å². The molecular weight excluding hydrogens is 434 g/mol. The van der Waals surface area contributed by atoms with E-state index >= 15 is 0 Å². The van der Waals surface area contributed by atoms with Gasteiger partial charge in [0, 0.05) is 47.0 Å². The molecule has 0 spiro atoms. The lowest BCUT2D eigenvalue weighted by Gasteiger charge is -2.50. The van der Waals surface area contributed by atoms with Gasteiger partial charge in [-0.1, -0.05) is 55.5 Å². The number of anilines is 2. The van der Waals surface area contributed by atoms with Crippen molar-refractivity contribution in [2.75, 3.05) is 5.32 Å². The zero-order valence-electron chi connectivity index (χ0n) is 19.7. The van der Waals surface area contributed by atoms with Gasteiger partial charge in [-0.25, -0.2) is 19.9 Å². The van der Waals surface area contributed by atoms with Gasteiger partial charge < -0.3 is 5.32 Å². The van der Waals surface area contributed by atoms with Crippen molar-refractivity contribution in [1.82, 2.24) is 19.9 Å². The molecule has 6 nitrogen and oxygen atoms in total. The molecule has 1 saturated carbocycles. The summed E-state index contributed by atoms with van der Waals surface area (Å²) < 4.78 is 0. The van der Waals surface area contributed by atoms with E-state index in [0.717, 1.165) is 47.5 Å². The van der Waals surface area contributed by atoms with Crippen molar-refractivity contribution >= 4 is 17.4 Å². The molecular formula is C29H27N5O. The summed E-state index contributed by atoms with van der Waals surface area (Å²) in [6.45, 7) is 2.10. The van der Waals surface area contributed by atoms with Crippen LogP contribution in [0.1, 0.15) is 43.0 Å². The lowest BCUT2D eigenvalue weighted by atomic mass is 9.53. The minimum absolute atomic E-state index is 0.0129. The number of ketones is 1. The van der Waals surface area contributed by atoms with E-state index in [0.29, 0.717) is 18.2 Å². The van der Waals surface area contributed by atoms with E-state index in [1.807, 2.05) is 48.8 Å². The van der Waals surface area contributed by atoms with Crippen molar-refractivity contribution in [2.45, 2.75) is 38.0 Å². The SMILES string of the molecule is C[C@@H]1C(=O)CC[C@]2(c3ccccc3)c3nc(Nc4ccccc4)nc(-c4cncnc4)c3CC[C@@H]12. The molecule has 35 heavy (non-hydrogen) atoms. The molecule has 4 aromatic rings. The number of aromatic nitrogens is 4. The molecule has 3 atom stereocenters. The molecule has 0 bridgehead atoms. The molecule has 174 valence electrons. The number of rotatable bonds is 4. The molecule has 0 saturated heterocycles. The van der Waals surface area contributed by atoms with E-state index in [1.54, 1.807) is 0 Å². The Balaban J connectivity index is 1.61. The monoisotopic (exact) mass is 461 g/mol. The van der Waals surface area contributed by atoms with Crippen LogP contribution in [0, 0.1) is 11.8 Å². The van der Waals surface area contributed by atoms with Crippen LogP contribution >= 0.6 is 0 Å². The lowest BCUT2D eigenvalue weighted by molar-refractivity contribution is -0.128. The first kappa shape index (κ1) is 21.6. The van der Waals surface area contributed by atoms with Crippen molar-refractivity contribution < 1.29 is 4.79 Å². The van der Waals surface area contributed by atoms with E-state index in [-0.39, 0.29) is 17.3 Å². The van der Waals surface area contributed by atoms with Crippen LogP contribution in [-0.4, -0.2) is 25.7 Å². The highest BCUT2D eigenvalue weighted by Gasteiger charge is 2.53. The number of Topliss-reactive ketones (excluding diaryl/α,β-unsaturated/α-hetero) is 1. The first-order chi connectivity index (χ1) is 17.2. The van der Waals surface area contributed by atoms with Gasteiger partial charge in [0.1, 0.15) is 12.1 Å². The van der Waals surface area contributed by atoms with E-state index in [9.17, 15) is 4.79 Å². The summed E-state index contributed by atoms with van der Waals surface area (Å²) in [6, 6.07) is 20.6. The number of nitrogens with one attached hydrogen (secondary N) is 1. The number of hydrogen-bond donors (Lipinski definition) is 1. The second kappa shape index (κ2) is 8.69. The van der Waals surface area contributed by atoms with Crippen LogP contribution in [0.3, 0.4) is 0 Å². The van der Waals surface area contributed by atoms with Gasteiger partial charge >= 0.3 is 0 Å². The van der Waals surface area contributed by atoms with Gasteiger partial charge in [0.25, 0.3) is 0 Å². The smallest absolute Gasteiger partial charge is 0.228 e. The number of fused-ring (bicyclic) bond motifs is 3. The third-order valence-electron chi connectivity index (χ3n) is 7.80. The maximum atomic E-state index is 12.9. The quantitative estimate of drug-likeness (QED) is 0.431. The van der Waals surface area contributed by atoms with Crippen LogP contribution in [0.15, 0.2) is 79.4 Å². The van der Waals surface area contributed by atoms with Crippen molar-refractivity contribution in [2.24, 2.45) is 11.8 Å². The van der Waals surface area contributed by atoms with Gasteiger partial charge in [-0.05, 0) is 42.9 Å². The largest absolute Gasteiger partial charge is 0.324 e. The molecule has 6 rings (SSSR count). The van der Waals surface area contributed by atoms with Crippen molar-refractivity contribution in [1.29, 1.82) is 0 Å². The van der Waals surface area contributed by atoms with Gasteiger partial charge in [-0.15, -0.1) is 0 Å². The summed E-state index contributed by atoms with van der Waals surface area (Å²) in [5.41, 5.74) is 5.73. The number of para-hydroxylation sites is 1. The molecule has 6 heteroatoms. The summed E-state index contributed by atoms with van der Waals surface area (Å²) in [6.07, 6.45) is 8.22. The molecule has 0 radical (unpaired) electrons. The van der Waals surface area contributed by atoms with Crippen molar-refractivity contribution in [3.63, 3.8) is 0 Å². The number of hydrogen-bond acceptors (Lipinski definition) is 6. The van der Waals surface area contributed by atoms with Gasteiger partial charge in [0.15, 0.2) is 0 Å². The molecule has 2 aliphatic rings. The highest BCUT2D eigenvalue weighted by atomic mass is 16.1. The number of nitrogens with zero attached hydrogens (tertiary/aromatic N) is 4. The molecule has 2 aromatic heterocycles. The molecule has 2 aliphatic carbocycles. The van der Waals surface area contributed by atoms with E-state index in [4.69, 9.17) is 9.97 Å². The molecule has 0 aliphatic heterocycles. The van der Waals surface area contributed by atoms with E-state index < -0.39 is 0 Å². The highest BCUT2D eigenvalue weighted by Crippen LogP contribution is 2.55.